The van der Waals surface area contributed by atoms with E-state index in [4.69, 9.17) is 15.9 Å². The Morgan fingerprint density at radius 2 is 2.10 bits per heavy atom. The van der Waals surface area contributed by atoms with Crippen LogP contribution in [-0.4, -0.2) is 15.6 Å². The molecule has 1 aliphatic carbocycles. The summed E-state index contributed by atoms with van der Waals surface area (Å²) in [6.07, 6.45) is 3.47. The molecule has 0 aliphatic heterocycles. The molecule has 0 bridgehead atoms. The minimum absolute atomic E-state index is 0.0215. The first kappa shape index (κ1) is 12.7. The van der Waals surface area contributed by atoms with E-state index in [1.165, 1.54) is 17.5 Å². The van der Waals surface area contributed by atoms with E-state index in [2.05, 4.69) is 17.2 Å². The van der Waals surface area contributed by atoms with E-state index >= 15 is 0 Å². The Labute approximate surface area is 117 Å². The maximum absolute atomic E-state index is 7.66. The predicted octanol–water partition coefficient (Wildman–Crippen LogP) is 2.29. The zero-order valence-corrected chi connectivity index (χ0v) is 11.7. The highest BCUT2D eigenvalue weighted by molar-refractivity contribution is 5.98. The number of nitrogens with one attached hydrogen (secondary N) is 1. The lowest BCUT2D eigenvalue weighted by Gasteiger charge is -2.09. The molecule has 0 fully saturated rings. The van der Waals surface area contributed by atoms with E-state index in [9.17, 15) is 0 Å². The molecule has 0 spiro atoms. The lowest BCUT2D eigenvalue weighted by Crippen LogP contribution is -2.13. The van der Waals surface area contributed by atoms with Crippen molar-refractivity contribution in [2.75, 3.05) is 0 Å². The Bertz CT molecular complexity index is 687. The molecule has 5 nitrogen and oxygen atoms in total. The molecule has 0 amide bonds. The van der Waals surface area contributed by atoms with Crippen molar-refractivity contribution in [1.82, 2.24) is 9.78 Å². The Morgan fingerprint density at radius 3 is 2.85 bits per heavy atom. The molecule has 3 N–H and O–H groups in total. The molecule has 5 heteroatoms. The molecule has 0 saturated carbocycles. The van der Waals surface area contributed by atoms with Crippen LogP contribution in [0.4, 0.5) is 0 Å². The van der Waals surface area contributed by atoms with Crippen molar-refractivity contribution in [3.63, 3.8) is 0 Å². The number of amidine groups is 1. The van der Waals surface area contributed by atoms with Gasteiger partial charge in [0.15, 0.2) is 0 Å². The van der Waals surface area contributed by atoms with Gasteiger partial charge in [-0.2, -0.15) is 5.10 Å². The Morgan fingerprint density at radius 1 is 1.35 bits per heavy atom. The molecule has 3 rings (SSSR count). The van der Waals surface area contributed by atoms with Gasteiger partial charge in [-0.25, -0.2) is 4.68 Å². The second-order valence-electron chi connectivity index (χ2n) is 5.19. The van der Waals surface area contributed by atoms with Gasteiger partial charge in [0, 0.05) is 7.05 Å². The van der Waals surface area contributed by atoms with Crippen LogP contribution in [0.1, 0.15) is 28.8 Å². The van der Waals surface area contributed by atoms with Crippen LogP contribution in [-0.2, 0) is 19.9 Å². The summed E-state index contributed by atoms with van der Waals surface area (Å²) >= 11 is 0. The van der Waals surface area contributed by atoms with Gasteiger partial charge < -0.3 is 10.5 Å². The number of aromatic nitrogens is 2. The van der Waals surface area contributed by atoms with E-state index in [-0.39, 0.29) is 5.84 Å². The van der Waals surface area contributed by atoms with Gasteiger partial charge in [-0.05, 0) is 49.4 Å². The van der Waals surface area contributed by atoms with Crippen molar-refractivity contribution >= 4 is 5.84 Å². The van der Waals surface area contributed by atoms with Crippen molar-refractivity contribution in [2.24, 2.45) is 12.8 Å². The lowest BCUT2D eigenvalue weighted by atomic mass is 10.1. The Hall–Kier alpha value is -2.30. The van der Waals surface area contributed by atoms with Gasteiger partial charge in [-0.15, -0.1) is 0 Å². The first-order valence-corrected chi connectivity index (χ1v) is 6.74. The minimum Gasteiger partial charge on any atom is -0.438 e. The molecule has 0 unspecified atom stereocenters. The SMILES string of the molecule is Cc1nn(C)c(Oc2ccc3c(c2)CCC3)c1C(=N)N. The number of rotatable bonds is 3. The third-order valence-corrected chi connectivity index (χ3v) is 3.72. The second-order valence-corrected chi connectivity index (χ2v) is 5.19. The first-order chi connectivity index (χ1) is 9.56. The highest BCUT2D eigenvalue weighted by atomic mass is 16.5. The van der Waals surface area contributed by atoms with Crippen molar-refractivity contribution < 1.29 is 4.74 Å². The Kier molecular flexibility index (Phi) is 2.97. The van der Waals surface area contributed by atoms with Crippen LogP contribution in [0, 0.1) is 12.3 Å². The van der Waals surface area contributed by atoms with Crippen molar-refractivity contribution in [3.05, 3.63) is 40.6 Å². The van der Waals surface area contributed by atoms with Crippen LogP contribution < -0.4 is 10.5 Å². The second kappa shape index (κ2) is 4.67. The zero-order valence-electron chi connectivity index (χ0n) is 11.7. The summed E-state index contributed by atoms with van der Waals surface area (Å²) in [5.74, 6) is 1.27. The summed E-state index contributed by atoms with van der Waals surface area (Å²) in [5.41, 5.74) is 9.65. The van der Waals surface area contributed by atoms with E-state index < -0.39 is 0 Å². The molecule has 0 atom stereocenters. The van der Waals surface area contributed by atoms with Crippen LogP contribution >= 0.6 is 0 Å². The molecule has 0 saturated heterocycles. The van der Waals surface area contributed by atoms with E-state index in [0.29, 0.717) is 17.1 Å². The highest BCUT2D eigenvalue weighted by Crippen LogP contribution is 2.31. The highest BCUT2D eigenvalue weighted by Gasteiger charge is 2.19. The maximum atomic E-state index is 7.66. The van der Waals surface area contributed by atoms with Gasteiger partial charge in [0.05, 0.1) is 5.69 Å². The third kappa shape index (κ3) is 2.05. The normalized spacial score (nSPS) is 13.3. The molecule has 1 aliphatic rings. The van der Waals surface area contributed by atoms with Gasteiger partial charge in [0.25, 0.3) is 0 Å². The number of fused-ring (bicyclic) bond motifs is 1. The molecule has 1 aromatic carbocycles. The van der Waals surface area contributed by atoms with Gasteiger partial charge in [0.2, 0.25) is 5.88 Å². The maximum Gasteiger partial charge on any atom is 0.228 e. The summed E-state index contributed by atoms with van der Waals surface area (Å²) in [6, 6.07) is 6.17. The van der Waals surface area contributed by atoms with Gasteiger partial charge in [0.1, 0.15) is 17.1 Å². The molecule has 104 valence electrons. The molecule has 1 aromatic heterocycles. The standard InChI is InChI=1S/C15H18N4O/c1-9-13(14(16)17)15(19(2)18-9)20-12-7-6-10-4-3-5-11(10)8-12/h6-8H,3-5H2,1-2H3,(H3,16,17). The number of hydrogen-bond donors (Lipinski definition) is 2. The number of nitrogens with zero attached hydrogens (tertiary/aromatic N) is 2. The van der Waals surface area contributed by atoms with Crippen LogP contribution in [0.3, 0.4) is 0 Å². The van der Waals surface area contributed by atoms with Crippen LogP contribution in [0.25, 0.3) is 0 Å². The zero-order chi connectivity index (χ0) is 14.3. The van der Waals surface area contributed by atoms with E-state index in [1.54, 1.807) is 11.7 Å². The van der Waals surface area contributed by atoms with Crippen LogP contribution in [0.2, 0.25) is 0 Å². The third-order valence-electron chi connectivity index (χ3n) is 3.72. The van der Waals surface area contributed by atoms with Gasteiger partial charge in [-0.3, -0.25) is 5.41 Å². The summed E-state index contributed by atoms with van der Waals surface area (Å²) in [6.45, 7) is 1.83. The number of nitrogen functional groups attached to an aromatic ring is 1. The molecule has 2 aromatic rings. The fourth-order valence-electron chi connectivity index (χ4n) is 2.79. The summed E-state index contributed by atoms with van der Waals surface area (Å²) in [7, 11) is 1.79. The molecular formula is C15H18N4O. The monoisotopic (exact) mass is 270 g/mol. The number of nitrogens with two attached hydrogens (primary N) is 1. The molecule has 20 heavy (non-hydrogen) atoms. The summed E-state index contributed by atoms with van der Waals surface area (Å²) in [4.78, 5) is 0. The number of ether oxygens (including phenoxy) is 1. The molecule has 1 heterocycles. The van der Waals surface area contributed by atoms with E-state index in [1.807, 2.05) is 13.0 Å². The fraction of sp³-hybridized carbons (Fsp3) is 0.333. The Balaban J connectivity index is 1.97. The topological polar surface area (TPSA) is 76.9 Å². The fourth-order valence-corrected chi connectivity index (χ4v) is 2.79. The summed E-state index contributed by atoms with van der Waals surface area (Å²) < 4.78 is 7.55. The summed E-state index contributed by atoms with van der Waals surface area (Å²) in [5, 5.41) is 11.9. The smallest absolute Gasteiger partial charge is 0.228 e. The first-order valence-electron chi connectivity index (χ1n) is 6.74. The molecular weight excluding hydrogens is 252 g/mol. The molecule has 0 radical (unpaired) electrons. The predicted molar refractivity (Wildman–Crippen MR) is 77.5 cm³/mol. The van der Waals surface area contributed by atoms with Crippen LogP contribution in [0.5, 0.6) is 11.6 Å². The van der Waals surface area contributed by atoms with Gasteiger partial charge in [-0.1, -0.05) is 6.07 Å². The van der Waals surface area contributed by atoms with Crippen LogP contribution in [0.15, 0.2) is 18.2 Å². The average Bonchev–Trinajstić information content (AvgIpc) is 2.94. The minimum atomic E-state index is -0.0215. The number of aryl methyl sites for hydroxylation is 4. The lowest BCUT2D eigenvalue weighted by molar-refractivity contribution is 0.429. The van der Waals surface area contributed by atoms with Crippen molar-refractivity contribution in [1.29, 1.82) is 5.41 Å². The van der Waals surface area contributed by atoms with Gasteiger partial charge >= 0.3 is 0 Å². The average molecular weight is 270 g/mol. The van der Waals surface area contributed by atoms with E-state index in [0.717, 1.165) is 18.6 Å². The van der Waals surface area contributed by atoms with Crippen molar-refractivity contribution in [2.45, 2.75) is 26.2 Å². The number of hydrogen-bond acceptors (Lipinski definition) is 3. The quantitative estimate of drug-likeness (QED) is 0.663. The van der Waals surface area contributed by atoms with Crippen molar-refractivity contribution in [3.8, 4) is 11.6 Å². The number of benzene rings is 1. The largest absolute Gasteiger partial charge is 0.438 e.